The summed E-state index contributed by atoms with van der Waals surface area (Å²) in [6, 6.07) is 3.42. The van der Waals surface area contributed by atoms with Gasteiger partial charge in [-0.15, -0.1) is 13.2 Å². The van der Waals surface area contributed by atoms with Crippen LogP contribution in [0.1, 0.15) is 36.9 Å². The van der Waals surface area contributed by atoms with Crippen molar-refractivity contribution in [3.63, 3.8) is 0 Å². The number of hydrogen-bond donors (Lipinski definition) is 1. The summed E-state index contributed by atoms with van der Waals surface area (Å²) >= 11 is 5.75. The average Bonchev–Trinajstić information content (AvgIpc) is 2.85. The molecule has 1 N–H and O–H groups in total. The molecule has 39 heavy (non-hydrogen) atoms. The van der Waals surface area contributed by atoms with Crippen molar-refractivity contribution in [3.8, 4) is 23.0 Å². The van der Waals surface area contributed by atoms with E-state index in [4.69, 9.17) is 20.5 Å². The number of rotatable bonds is 8. The smallest absolute Gasteiger partial charge is 0.490 e. The first-order valence-corrected chi connectivity index (χ1v) is 10.4. The maximum Gasteiger partial charge on any atom is 0.573 e. The first-order valence-electron chi connectivity index (χ1n) is 11.5. The van der Waals surface area contributed by atoms with Gasteiger partial charge in [0.2, 0.25) is 11.6 Å². The first-order chi connectivity index (χ1) is 19.4. The molecule has 0 aliphatic carbocycles. The topological polar surface area (TPSA) is 96.0 Å². The Balaban J connectivity index is 2.16. The molecule has 8 nitrogen and oxygen atoms in total. The lowest BCUT2D eigenvalue weighted by Gasteiger charge is -2.18. The van der Waals surface area contributed by atoms with Crippen molar-refractivity contribution in [1.82, 2.24) is 4.98 Å². The Hall–Kier alpha value is -4.27. The lowest BCUT2D eigenvalue weighted by molar-refractivity contribution is -0.275. The summed E-state index contributed by atoms with van der Waals surface area (Å²) in [5, 5.41) is 1.10. The number of hydrogen-bond acceptors (Lipinski definition) is 7. The molecule has 0 radical (unpaired) electrons. The number of nitrogens with zero attached hydrogens (tertiary/aromatic N) is 1. The predicted octanol–water partition coefficient (Wildman–Crippen LogP) is 6.69. The second kappa shape index (κ2) is 11.6. The maximum absolute atomic E-state index is 15.3. The minimum absolute atomic E-state index is 0.222. The third kappa shape index (κ3) is 6.60. The number of nitrogens with one attached hydrogen (secondary N) is 1. The SMILES string of the molecule is [2H]C([2H])([2H])Oc1c(Oc2cc(Cl)c(C(F)F)c(F)c2C(=O)Nc2ccnc(C(=O)OC)c2)ccc(OC(F)(F)F)c1F. The molecule has 1 aromatic heterocycles. The Kier molecular flexibility index (Phi) is 7.47. The number of anilines is 1. The normalized spacial score (nSPS) is 12.7. The van der Waals surface area contributed by atoms with Gasteiger partial charge in [0, 0.05) is 18.0 Å². The van der Waals surface area contributed by atoms with E-state index < -0.39 is 82.5 Å². The van der Waals surface area contributed by atoms with Gasteiger partial charge in [-0.25, -0.2) is 22.9 Å². The minimum Gasteiger partial charge on any atom is -0.490 e. The van der Waals surface area contributed by atoms with Crippen molar-refractivity contribution < 1.29 is 63.4 Å². The Morgan fingerprint density at radius 1 is 1.08 bits per heavy atom. The summed E-state index contributed by atoms with van der Waals surface area (Å²) in [5.41, 5.74) is -3.29. The van der Waals surface area contributed by atoms with Crippen molar-refractivity contribution in [2.75, 3.05) is 19.5 Å². The van der Waals surface area contributed by atoms with Gasteiger partial charge in [-0.05, 0) is 24.3 Å². The van der Waals surface area contributed by atoms with E-state index in [1.807, 2.05) is 0 Å². The molecule has 0 spiro atoms. The second-order valence-electron chi connectivity index (χ2n) is 7.09. The van der Waals surface area contributed by atoms with Crippen LogP contribution in [0.5, 0.6) is 23.0 Å². The van der Waals surface area contributed by atoms with Crippen LogP contribution in [0.15, 0.2) is 36.5 Å². The molecule has 0 bridgehead atoms. The summed E-state index contributed by atoms with van der Waals surface area (Å²) in [4.78, 5) is 28.5. The zero-order valence-corrected chi connectivity index (χ0v) is 19.7. The number of alkyl halides is 5. The van der Waals surface area contributed by atoms with Gasteiger partial charge in [-0.1, -0.05) is 11.6 Å². The quantitative estimate of drug-likeness (QED) is 0.232. The third-order valence-corrected chi connectivity index (χ3v) is 4.96. The molecule has 2 aromatic carbocycles. The molecule has 0 fully saturated rings. The molecular formula is C23H14ClF7N2O6. The summed E-state index contributed by atoms with van der Waals surface area (Å²) in [6.45, 7) is 0. The van der Waals surface area contributed by atoms with Crippen molar-refractivity contribution in [1.29, 1.82) is 0 Å². The highest BCUT2D eigenvalue weighted by Gasteiger charge is 2.34. The van der Waals surface area contributed by atoms with Crippen LogP contribution in [0.3, 0.4) is 0 Å². The Morgan fingerprint density at radius 3 is 2.38 bits per heavy atom. The summed E-state index contributed by atoms with van der Waals surface area (Å²) in [5.74, 6) is -11.5. The van der Waals surface area contributed by atoms with Gasteiger partial charge in [0.05, 0.1) is 28.8 Å². The van der Waals surface area contributed by atoms with Crippen LogP contribution < -0.4 is 19.5 Å². The fraction of sp³-hybridized carbons (Fsp3) is 0.174. The van der Waals surface area contributed by atoms with Crippen LogP contribution in [0.2, 0.25) is 5.02 Å². The third-order valence-electron chi connectivity index (χ3n) is 4.65. The molecule has 0 aliphatic heterocycles. The molecular weight excluding hydrogens is 569 g/mol. The van der Waals surface area contributed by atoms with E-state index in [2.05, 4.69) is 24.5 Å². The molecule has 0 unspecified atom stereocenters. The fourth-order valence-electron chi connectivity index (χ4n) is 3.04. The van der Waals surface area contributed by atoms with Crippen molar-refractivity contribution in [2.24, 2.45) is 0 Å². The molecule has 208 valence electrons. The summed E-state index contributed by atoms with van der Waals surface area (Å²) in [6.07, 6.45) is -7.96. The number of methoxy groups -OCH3 is 2. The Bertz CT molecular complexity index is 1520. The van der Waals surface area contributed by atoms with Crippen LogP contribution in [0.25, 0.3) is 0 Å². The second-order valence-corrected chi connectivity index (χ2v) is 7.50. The van der Waals surface area contributed by atoms with E-state index in [0.29, 0.717) is 18.2 Å². The van der Waals surface area contributed by atoms with E-state index in [1.165, 1.54) is 0 Å². The van der Waals surface area contributed by atoms with Crippen molar-refractivity contribution in [3.05, 3.63) is 70.0 Å². The molecule has 0 aliphatic rings. The highest BCUT2D eigenvalue weighted by atomic mass is 35.5. The van der Waals surface area contributed by atoms with Crippen LogP contribution in [0, 0.1) is 11.6 Å². The van der Waals surface area contributed by atoms with E-state index in [9.17, 15) is 35.9 Å². The molecule has 1 amide bonds. The number of ether oxygens (including phenoxy) is 4. The largest absolute Gasteiger partial charge is 0.573 e. The minimum atomic E-state index is -5.42. The van der Waals surface area contributed by atoms with E-state index in [0.717, 1.165) is 25.4 Å². The number of aromatic nitrogens is 1. The maximum atomic E-state index is 15.3. The average molecular weight is 586 g/mol. The lowest BCUT2D eigenvalue weighted by atomic mass is 10.1. The highest BCUT2D eigenvalue weighted by Crippen LogP contribution is 2.43. The first kappa shape index (κ1) is 25.0. The molecule has 0 saturated carbocycles. The monoisotopic (exact) mass is 585 g/mol. The van der Waals surface area contributed by atoms with Crippen LogP contribution in [-0.4, -0.2) is 37.4 Å². The van der Waals surface area contributed by atoms with Crippen molar-refractivity contribution >= 4 is 29.2 Å². The Morgan fingerprint density at radius 2 is 1.77 bits per heavy atom. The van der Waals surface area contributed by atoms with E-state index in [1.54, 1.807) is 0 Å². The summed E-state index contributed by atoms with van der Waals surface area (Å²) in [7, 11) is -2.46. The number of esters is 1. The highest BCUT2D eigenvalue weighted by molar-refractivity contribution is 6.31. The number of amides is 1. The van der Waals surface area contributed by atoms with Crippen LogP contribution >= 0.6 is 11.6 Å². The van der Waals surface area contributed by atoms with E-state index in [-0.39, 0.29) is 11.4 Å². The van der Waals surface area contributed by atoms with Gasteiger partial charge in [-0.2, -0.15) is 4.39 Å². The molecule has 0 atom stereocenters. The van der Waals surface area contributed by atoms with Gasteiger partial charge in [0.1, 0.15) is 22.8 Å². The standard InChI is InChI=1S/C23H14ClF7N2O6/c1-36-19-13(4-3-12(17(19)25)39-23(29,30)31)38-14-8-10(24)15(20(27)28)18(26)16(14)21(34)33-9-5-6-32-11(7-9)22(35)37-2/h3-8,20H,1-2H3,(H,32,33,34)/i1D3. The number of benzene rings is 2. The van der Waals surface area contributed by atoms with Crippen LogP contribution in [-0.2, 0) is 4.74 Å². The number of carbonyl (C=O) groups is 2. The zero-order valence-electron chi connectivity index (χ0n) is 22.0. The van der Waals surface area contributed by atoms with E-state index >= 15 is 4.39 Å². The van der Waals surface area contributed by atoms with Crippen LogP contribution in [0.4, 0.5) is 36.4 Å². The van der Waals surface area contributed by atoms with Gasteiger partial charge >= 0.3 is 12.3 Å². The predicted molar refractivity (Wildman–Crippen MR) is 120 cm³/mol. The fourth-order valence-corrected chi connectivity index (χ4v) is 3.31. The zero-order chi connectivity index (χ0) is 31.6. The molecule has 1 heterocycles. The molecule has 3 aromatic rings. The summed E-state index contributed by atoms with van der Waals surface area (Å²) < 4.78 is 135. The Labute approximate surface area is 223 Å². The van der Waals surface area contributed by atoms with Gasteiger partial charge in [-0.3, -0.25) is 4.79 Å². The molecule has 16 heteroatoms. The number of pyridine rings is 1. The number of carbonyl (C=O) groups excluding carboxylic acids is 2. The lowest BCUT2D eigenvalue weighted by Crippen LogP contribution is -2.18. The number of halogens is 8. The van der Waals surface area contributed by atoms with Crippen molar-refractivity contribution in [2.45, 2.75) is 12.8 Å². The van der Waals surface area contributed by atoms with Gasteiger partial charge < -0.3 is 24.3 Å². The molecule has 0 saturated heterocycles. The van der Waals surface area contributed by atoms with Gasteiger partial charge in [0.15, 0.2) is 11.5 Å². The van der Waals surface area contributed by atoms with Gasteiger partial charge in [0.25, 0.3) is 12.3 Å². The molecule has 3 rings (SSSR count).